The van der Waals surface area contributed by atoms with Crippen LogP contribution in [0.25, 0.3) is 10.6 Å². The third kappa shape index (κ3) is 4.92. The molecule has 7 nitrogen and oxygen atoms in total. The van der Waals surface area contributed by atoms with Gasteiger partial charge in [0.25, 0.3) is 15.9 Å². The van der Waals surface area contributed by atoms with Crippen molar-refractivity contribution in [2.75, 3.05) is 17.1 Å². The van der Waals surface area contributed by atoms with Gasteiger partial charge in [-0.1, -0.05) is 30.3 Å². The van der Waals surface area contributed by atoms with Gasteiger partial charge in [0.15, 0.2) is 0 Å². The fourth-order valence-corrected chi connectivity index (χ4v) is 5.40. The van der Waals surface area contributed by atoms with Crippen LogP contribution in [0.3, 0.4) is 0 Å². The van der Waals surface area contributed by atoms with E-state index in [0.717, 1.165) is 11.6 Å². The van der Waals surface area contributed by atoms with E-state index >= 15 is 0 Å². The van der Waals surface area contributed by atoms with Crippen molar-refractivity contribution in [3.63, 3.8) is 0 Å². The minimum atomic E-state index is -4.10. The van der Waals surface area contributed by atoms with Crippen LogP contribution < -0.4 is 14.8 Å². The first kappa shape index (κ1) is 23.4. The number of hydrogen-bond acceptors (Lipinski definition) is 6. The topological polar surface area (TPSA) is 97.4 Å². The Morgan fingerprint density at radius 3 is 2.56 bits per heavy atom. The van der Waals surface area contributed by atoms with Gasteiger partial charge in [-0.25, -0.2) is 17.8 Å². The standard InChI is InChI=1S/C24H20FN3O4S2/c1-15-11-12-16(13-22(15)34(30,31)28-19-9-5-4-8-18(19)25)26-23(29)20-14-33-24(27-20)17-7-3-6-10-21(17)32-2/h3-14,28H,1-2H3,(H,26,29). The van der Waals surface area contributed by atoms with Gasteiger partial charge < -0.3 is 10.1 Å². The Bertz CT molecular complexity index is 1470. The molecule has 0 spiro atoms. The van der Waals surface area contributed by atoms with Crippen LogP contribution in [0.2, 0.25) is 0 Å². The highest BCUT2D eigenvalue weighted by Gasteiger charge is 2.20. The van der Waals surface area contributed by atoms with Gasteiger partial charge in [0.2, 0.25) is 0 Å². The number of nitrogens with zero attached hydrogens (tertiary/aromatic N) is 1. The quantitative estimate of drug-likeness (QED) is 0.360. The zero-order valence-electron chi connectivity index (χ0n) is 18.2. The number of hydrogen-bond donors (Lipinski definition) is 2. The van der Waals surface area contributed by atoms with Crippen LogP contribution in [0.4, 0.5) is 15.8 Å². The number of para-hydroxylation sites is 2. The van der Waals surface area contributed by atoms with Crippen molar-refractivity contribution < 1.29 is 22.3 Å². The molecule has 3 aromatic carbocycles. The first-order chi connectivity index (χ1) is 16.3. The summed E-state index contributed by atoms with van der Waals surface area (Å²) in [5.41, 5.74) is 1.48. The molecular weight excluding hydrogens is 477 g/mol. The molecule has 4 aromatic rings. The maximum atomic E-state index is 13.9. The SMILES string of the molecule is COc1ccccc1-c1nc(C(=O)Nc2ccc(C)c(S(=O)(=O)Nc3ccccc3F)c2)cs1. The predicted octanol–water partition coefficient (Wildman–Crippen LogP) is 5.32. The zero-order chi connectivity index (χ0) is 24.3. The Morgan fingerprint density at radius 1 is 1.06 bits per heavy atom. The van der Waals surface area contributed by atoms with Gasteiger partial charge in [0, 0.05) is 11.1 Å². The lowest BCUT2D eigenvalue weighted by molar-refractivity contribution is 0.102. The van der Waals surface area contributed by atoms with Crippen molar-refractivity contribution in [3.8, 4) is 16.3 Å². The van der Waals surface area contributed by atoms with Crippen LogP contribution >= 0.6 is 11.3 Å². The highest BCUT2D eigenvalue weighted by atomic mass is 32.2. The number of nitrogens with one attached hydrogen (secondary N) is 2. The van der Waals surface area contributed by atoms with E-state index in [4.69, 9.17) is 4.74 Å². The van der Waals surface area contributed by atoms with Gasteiger partial charge in [0.05, 0.1) is 23.3 Å². The zero-order valence-corrected chi connectivity index (χ0v) is 19.8. The lowest BCUT2D eigenvalue weighted by atomic mass is 10.2. The Hall–Kier alpha value is -3.76. The van der Waals surface area contributed by atoms with Crippen molar-refractivity contribution in [3.05, 3.63) is 89.2 Å². The van der Waals surface area contributed by atoms with Gasteiger partial charge >= 0.3 is 0 Å². The fraction of sp³-hybridized carbons (Fsp3) is 0.0833. The maximum absolute atomic E-state index is 13.9. The first-order valence-electron chi connectivity index (χ1n) is 10.1. The van der Waals surface area contributed by atoms with Gasteiger partial charge in [-0.2, -0.15) is 0 Å². The second-order valence-electron chi connectivity index (χ2n) is 7.26. The Balaban J connectivity index is 1.56. The van der Waals surface area contributed by atoms with Crippen molar-refractivity contribution in [2.45, 2.75) is 11.8 Å². The molecule has 0 saturated carbocycles. The highest BCUT2D eigenvalue weighted by Crippen LogP contribution is 2.32. The molecule has 0 radical (unpaired) electrons. The molecule has 0 unspecified atom stereocenters. The summed E-state index contributed by atoms with van der Waals surface area (Å²) in [6.07, 6.45) is 0. The highest BCUT2D eigenvalue weighted by molar-refractivity contribution is 7.92. The molecule has 0 atom stereocenters. The largest absolute Gasteiger partial charge is 0.496 e. The van der Waals surface area contributed by atoms with Crippen molar-refractivity contribution in [1.82, 2.24) is 4.98 Å². The molecule has 174 valence electrons. The second kappa shape index (κ2) is 9.62. The summed E-state index contributed by atoms with van der Waals surface area (Å²) in [4.78, 5) is 17.1. The van der Waals surface area contributed by atoms with E-state index in [9.17, 15) is 17.6 Å². The van der Waals surface area contributed by atoms with Crippen molar-refractivity contribution in [1.29, 1.82) is 0 Å². The molecule has 1 heterocycles. The average Bonchev–Trinajstić information content (AvgIpc) is 3.32. The van der Waals surface area contributed by atoms with Crippen LogP contribution in [0, 0.1) is 12.7 Å². The minimum absolute atomic E-state index is 0.0819. The number of methoxy groups -OCH3 is 1. The molecule has 0 aliphatic rings. The van der Waals surface area contributed by atoms with Gasteiger partial charge in [-0.15, -0.1) is 11.3 Å². The molecule has 0 bridgehead atoms. The summed E-state index contributed by atoms with van der Waals surface area (Å²) in [6.45, 7) is 1.61. The number of rotatable bonds is 7. The lowest BCUT2D eigenvalue weighted by Gasteiger charge is -2.13. The molecule has 0 saturated heterocycles. The van der Waals surface area contributed by atoms with Crippen molar-refractivity contribution in [2.24, 2.45) is 0 Å². The number of benzene rings is 3. The third-order valence-corrected chi connectivity index (χ3v) is 7.31. The summed E-state index contributed by atoms with van der Waals surface area (Å²) in [5, 5.41) is 4.90. The normalized spacial score (nSPS) is 11.1. The van der Waals surface area contributed by atoms with Crippen LogP contribution in [-0.2, 0) is 10.0 Å². The number of halogens is 1. The molecular formula is C24H20FN3O4S2. The number of amides is 1. The van der Waals surface area contributed by atoms with Crippen LogP contribution in [0.15, 0.2) is 77.0 Å². The van der Waals surface area contributed by atoms with E-state index in [1.807, 2.05) is 18.2 Å². The van der Waals surface area contributed by atoms with E-state index in [1.54, 1.807) is 37.6 Å². The van der Waals surface area contributed by atoms with Crippen molar-refractivity contribution >= 4 is 38.6 Å². The van der Waals surface area contributed by atoms with E-state index in [2.05, 4.69) is 15.0 Å². The van der Waals surface area contributed by atoms with Gasteiger partial charge in [-0.3, -0.25) is 9.52 Å². The fourth-order valence-electron chi connectivity index (χ4n) is 3.23. The summed E-state index contributed by atoms with van der Waals surface area (Å²) in [7, 11) is -2.54. The molecule has 0 aliphatic heterocycles. The predicted molar refractivity (Wildman–Crippen MR) is 130 cm³/mol. The number of carbonyl (C=O) groups excluding carboxylic acids is 1. The third-order valence-electron chi connectivity index (χ3n) is 4.93. The Kier molecular flexibility index (Phi) is 6.62. The smallest absolute Gasteiger partial charge is 0.275 e. The number of aryl methyl sites for hydroxylation is 1. The summed E-state index contributed by atoms with van der Waals surface area (Å²) in [6, 6.07) is 17.3. The number of sulfonamides is 1. The molecule has 34 heavy (non-hydrogen) atoms. The van der Waals surface area contributed by atoms with E-state index in [-0.39, 0.29) is 22.0 Å². The Labute approximate surface area is 200 Å². The van der Waals surface area contributed by atoms with Crippen LogP contribution in [0.1, 0.15) is 16.1 Å². The second-order valence-corrected chi connectivity index (χ2v) is 9.77. The number of anilines is 2. The number of ether oxygens (including phenoxy) is 1. The van der Waals surface area contributed by atoms with Gasteiger partial charge in [-0.05, 0) is 48.9 Å². The summed E-state index contributed by atoms with van der Waals surface area (Å²) < 4.78 is 47.3. The average molecular weight is 498 g/mol. The summed E-state index contributed by atoms with van der Waals surface area (Å²) in [5.74, 6) is -0.547. The van der Waals surface area contributed by atoms with E-state index in [1.165, 1.54) is 35.6 Å². The number of aromatic nitrogens is 1. The molecule has 0 aliphatic carbocycles. The number of carbonyl (C=O) groups is 1. The molecule has 1 aromatic heterocycles. The number of thiazole rings is 1. The lowest BCUT2D eigenvalue weighted by Crippen LogP contribution is -2.17. The minimum Gasteiger partial charge on any atom is -0.496 e. The maximum Gasteiger partial charge on any atom is 0.275 e. The van der Waals surface area contributed by atoms with Crippen LogP contribution in [0.5, 0.6) is 5.75 Å². The molecule has 4 rings (SSSR count). The monoisotopic (exact) mass is 497 g/mol. The molecule has 1 amide bonds. The van der Waals surface area contributed by atoms with Gasteiger partial charge in [0.1, 0.15) is 22.3 Å². The Morgan fingerprint density at radius 2 is 1.79 bits per heavy atom. The van der Waals surface area contributed by atoms with E-state index in [0.29, 0.717) is 16.3 Å². The molecule has 0 fully saturated rings. The first-order valence-corrected chi connectivity index (χ1v) is 12.4. The van der Waals surface area contributed by atoms with Crippen LogP contribution in [-0.4, -0.2) is 26.4 Å². The summed E-state index contributed by atoms with van der Waals surface area (Å²) >= 11 is 1.29. The molecule has 10 heteroatoms. The molecule has 2 N–H and O–H groups in total. The van der Waals surface area contributed by atoms with E-state index < -0.39 is 21.7 Å².